The number of furan rings is 1. The highest BCUT2D eigenvalue weighted by molar-refractivity contribution is 7.09. The second kappa shape index (κ2) is 4.39. The molecule has 2 aromatic rings. The lowest BCUT2D eigenvalue weighted by molar-refractivity contribution is 0.500. The molecular weight excluding hydrogens is 246 g/mol. The van der Waals surface area contributed by atoms with E-state index in [1.807, 2.05) is 13.8 Å². The van der Waals surface area contributed by atoms with Crippen LogP contribution in [0.15, 0.2) is 10.5 Å². The van der Waals surface area contributed by atoms with Gasteiger partial charge in [-0.3, -0.25) is 0 Å². The fourth-order valence-electron chi connectivity index (χ4n) is 2.14. The first-order valence-electron chi connectivity index (χ1n) is 6.30. The maximum Gasteiger partial charge on any atom is 0.203 e. The molecule has 1 N–H and O–H groups in total. The van der Waals surface area contributed by atoms with E-state index in [9.17, 15) is 0 Å². The molecule has 1 atom stereocenters. The molecule has 1 unspecified atom stereocenters. The lowest BCUT2D eigenvalue weighted by Gasteiger charge is -2.11. The zero-order valence-electron chi connectivity index (χ0n) is 10.9. The Bertz CT molecular complexity index is 556. The second-order valence-electron chi connectivity index (χ2n) is 4.97. The van der Waals surface area contributed by atoms with Gasteiger partial charge in [-0.05, 0) is 39.7 Å². The van der Waals surface area contributed by atoms with Crippen molar-refractivity contribution in [3.05, 3.63) is 29.0 Å². The number of hydrogen-bond donors (Lipinski definition) is 1. The van der Waals surface area contributed by atoms with E-state index in [0.29, 0.717) is 5.92 Å². The molecule has 0 radical (unpaired) electrons. The zero-order chi connectivity index (χ0) is 12.7. The number of anilines is 1. The van der Waals surface area contributed by atoms with E-state index in [1.54, 1.807) is 0 Å². The topological polar surface area (TPSA) is 51.0 Å². The van der Waals surface area contributed by atoms with E-state index >= 15 is 0 Å². The van der Waals surface area contributed by atoms with Crippen LogP contribution in [0.2, 0.25) is 0 Å². The molecule has 1 aliphatic rings. The summed E-state index contributed by atoms with van der Waals surface area (Å²) >= 11 is 1.45. The van der Waals surface area contributed by atoms with Crippen molar-refractivity contribution in [3.63, 3.8) is 0 Å². The Kier molecular flexibility index (Phi) is 2.86. The molecule has 0 saturated heterocycles. The van der Waals surface area contributed by atoms with Crippen molar-refractivity contribution in [1.82, 2.24) is 9.36 Å². The van der Waals surface area contributed by atoms with Crippen LogP contribution in [0.5, 0.6) is 0 Å². The van der Waals surface area contributed by atoms with Gasteiger partial charge >= 0.3 is 0 Å². The molecule has 96 valence electrons. The number of nitrogens with zero attached hydrogens (tertiary/aromatic N) is 2. The first-order valence-corrected chi connectivity index (χ1v) is 7.08. The molecule has 1 aliphatic carbocycles. The summed E-state index contributed by atoms with van der Waals surface area (Å²) in [5, 5.41) is 4.31. The van der Waals surface area contributed by atoms with Crippen molar-refractivity contribution in [3.8, 4) is 0 Å². The minimum atomic E-state index is 0.197. The van der Waals surface area contributed by atoms with E-state index in [0.717, 1.165) is 22.5 Å². The lowest BCUT2D eigenvalue weighted by atomic mass is 10.1. The molecule has 5 heteroatoms. The molecule has 1 fully saturated rings. The third-order valence-electron chi connectivity index (χ3n) is 3.27. The van der Waals surface area contributed by atoms with Gasteiger partial charge < -0.3 is 9.73 Å². The smallest absolute Gasteiger partial charge is 0.203 e. The van der Waals surface area contributed by atoms with Crippen LogP contribution in [0, 0.1) is 13.8 Å². The Labute approximate surface area is 111 Å². The standard InChI is InChI=1S/C13H17N3OS/c1-7-6-11(9(3)17-7)8(2)14-13-15-12(16-18-13)10-4-5-10/h6,8,10H,4-5H2,1-3H3,(H,14,15,16). The summed E-state index contributed by atoms with van der Waals surface area (Å²) in [5.41, 5.74) is 1.19. The molecule has 18 heavy (non-hydrogen) atoms. The summed E-state index contributed by atoms with van der Waals surface area (Å²) < 4.78 is 9.95. The van der Waals surface area contributed by atoms with Crippen LogP contribution in [-0.2, 0) is 0 Å². The van der Waals surface area contributed by atoms with E-state index in [1.165, 1.54) is 29.9 Å². The van der Waals surface area contributed by atoms with Gasteiger partial charge in [0, 0.05) is 23.0 Å². The van der Waals surface area contributed by atoms with Crippen molar-refractivity contribution in [2.24, 2.45) is 0 Å². The van der Waals surface area contributed by atoms with Gasteiger partial charge in [-0.25, -0.2) is 4.98 Å². The summed E-state index contributed by atoms with van der Waals surface area (Å²) in [6.45, 7) is 6.09. The number of rotatable bonds is 4. The second-order valence-corrected chi connectivity index (χ2v) is 5.72. The third-order valence-corrected chi connectivity index (χ3v) is 3.93. The molecule has 0 amide bonds. The van der Waals surface area contributed by atoms with Crippen LogP contribution in [0.1, 0.15) is 54.6 Å². The molecule has 2 heterocycles. The van der Waals surface area contributed by atoms with Gasteiger partial charge in [0.25, 0.3) is 0 Å². The molecule has 1 saturated carbocycles. The molecule has 4 nitrogen and oxygen atoms in total. The maximum atomic E-state index is 5.55. The van der Waals surface area contributed by atoms with Gasteiger partial charge in [0.15, 0.2) is 0 Å². The van der Waals surface area contributed by atoms with Crippen LogP contribution in [0.4, 0.5) is 5.13 Å². The molecule has 3 rings (SSSR count). The van der Waals surface area contributed by atoms with Gasteiger partial charge in [0.1, 0.15) is 17.3 Å². The summed E-state index contributed by atoms with van der Waals surface area (Å²) in [6.07, 6.45) is 2.48. The summed E-state index contributed by atoms with van der Waals surface area (Å²) in [4.78, 5) is 4.54. The van der Waals surface area contributed by atoms with E-state index in [-0.39, 0.29) is 6.04 Å². The fraction of sp³-hybridized carbons (Fsp3) is 0.538. The highest BCUT2D eigenvalue weighted by Gasteiger charge is 2.28. The Hall–Kier alpha value is -1.36. The Morgan fingerprint density at radius 3 is 2.83 bits per heavy atom. The van der Waals surface area contributed by atoms with Gasteiger partial charge in [-0.15, -0.1) is 0 Å². The van der Waals surface area contributed by atoms with E-state index in [4.69, 9.17) is 4.42 Å². The van der Waals surface area contributed by atoms with Gasteiger partial charge in [-0.1, -0.05) is 0 Å². The Morgan fingerprint density at radius 1 is 1.44 bits per heavy atom. The van der Waals surface area contributed by atoms with Crippen molar-refractivity contribution in [2.75, 3.05) is 5.32 Å². The normalized spacial score (nSPS) is 16.8. The van der Waals surface area contributed by atoms with Gasteiger partial charge in [0.2, 0.25) is 5.13 Å². The molecule has 2 aromatic heterocycles. The molecule has 0 aliphatic heterocycles. The van der Waals surface area contributed by atoms with Crippen LogP contribution < -0.4 is 5.32 Å². The number of hydrogen-bond acceptors (Lipinski definition) is 5. The number of nitrogens with one attached hydrogen (secondary N) is 1. The van der Waals surface area contributed by atoms with Crippen molar-refractivity contribution in [2.45, 2.75) is 45.6 Å². The predicted octanol–water partition coefficient (Wildman–Crippen LogP) is 3.80. The Balaban J connectivity index is 1.72. The van der Waals surface area contributed by atoms with Gasteiger partial charge in [-0.2, -0.15) is 4.37 Å². The van der Waals surface area contributed by atoms with Gasteiger partial charge in [0.05, 0.1) is 6.04 Å². The number of aromatic nitrogens is 2. The largest absolute Gasteiger partial charge is 0.466 e. The SMILES string of the molecule is Cc1cc(C(C)Nc2nc(C3CC3)ns2)c(C)o1. The maximum absolute atomic E-state index is 5.55. The monoisotopic (exact) mass is 263 g/mol. The average Bonchev–Trinajstić information content (AvgIpc) is 2.97. The summed E-state index contributed by atoms with van der Waals surface area (Å²) in [5.74, 6) is 3.55. The first-order chi connectivity index (χ1) is 8.63. The lowest BCUT2D eigenvalue weighted by Crippen LogP contribution is -2.06. The zero-order valence-corrected chi connectivity index (χ0v) is 11.7. The van der Waals surface area contributed by atoms with Crippen LogP contribution in [-0.4, -0.2) is 9.36 Å². The van der Waals surface area contributed by atoms with Crippen LogP contribution >= 0.6 is 11.5 Å². The predicted molar refractivity (Wildman–Crippen MR) is 72.1 cm³/mol. The highest BCUT2D eigenvalue weighted by atomic mass is 32.1. The van der Waals surface area contributed by atoms with Crippen molar-refractivity contribution >= 4 is 16.7 Å². The Morgan fingerprint density at radius 2 is 2.22 bits per heavy atom. The summed E-state index contributed by atoms with van der Waals surface area (Å²) in [7, 11) is 0. The van der Waals surface area contributed by atoms with E-state index in [2.05, 4.69) is 27.7 Å². The summed E-state index contributed by atoms with van der Waals surface area (Å²) in [6, 6.07) is 2.28. The average molecular weight is 263 g/mol. The number of aryl methyl sites for hydroxylation is 2. The minimum Gasteiger partial charge on any atom is -0.466 e. The molecule has 0 aromatic carbocycles. The molecular formula is C13H17N3OS. The highest BCUT2D eigenvalue weighted by Crippen LogP contribution is 2.39. The van der Waals surface area contributed by atoms with Crippen molar-refractivity contribution < 1.29 is 4.42 Å². The molecule has 0 bridgehead atoms. The van der Waals surface area contributed by atoms with E-state index < -0.39 is 0 Å². The van der Waals surface area contributed by atoms with Crippen LogP contribution in [0.25, 0.3) is 0 Å². The van der Waals surface area contributed by atoms with Crippen LogP contribution in [0.3, 0.4) is 0 Å². The quantitative estimate of drug-likeness (QED) is 0.911. The molecule has 0 spiro atoms. The van der Waals surface area contributed by atoms with Crippen molar-refractivity contribution in [1.29, 1.82) is 0 Å². The minimum absolute atomic E-state index is 0.197. The third kappa shape index (κ3) is 2.27. The fourth-order valence-corrected chi connectivity index (χ4v) is 2.88. The first kappa shape index (κ1) is 11.7.